The summed E-state index contributed by atoms with van der Waals surface area (Å²) in [5.74, 6) is 0. The van der Waals surface area contributed by atoms with Crippen LogP contribution >= 0.6 is 11.6 Å². The van der Waals surface area contributed by atoms with E-state index in [2.05, 4.69) is 37.1 Å². The van der Waals surface area contributed by atoms with Gasteiger partial charge in [0.2, 0.25) is 0 Å². The molecule has 2 rings (SSSR count). The minimum absolute atomic E-state index is 0.773. The Labute approximate surface area is 119 Å². The number of benzene rings is 2. The number of nitrogens with zero attached hydrogens (tertiary/aromatic N) is 1. The van der Waals surface area contributed by atoms with Crippen LogP contribution in [0.4, 0.5) is 5.69 Å². The zero-order valence-electron chi connectivity index (χ0n) is 11.4. The maximum Gasteiger partial charge on any atom is 0.0406 e. The summed E-state index contributed by atoms with van der Waals surface area (Å²) in [4.78, 5) is 2.24. The molecule has 0 bridgehead atoms. The Morgan fingerprint density at radius 1 is 1.05 bits per heavy atom. The van der Waals surface area contributed by atoms with Gasteiger partial charge in [-0.1, -0.05) is 41.4 Å². The third-order valence-corrected chi connectivity index (χ3v) is 3.36. The lowest BCUT2D eigenvalue weighted by atomic mass is 10.1. The maximum atomic E-state index is 6.01. The van der Waals surface area contributed by atoms with Gasteiger partial charge >= 0.3 is 0 Å². The minimum Gasteiger partial charge on any atom is -0.398 e. The normalized spacial score (nSPS) is 10.9. The summed E-state index contributed by atoms with van der Waals surface area (Å²) < 4.78 is 0. The molecule has 0 aromatic heterocycles. The number of halogens is 1. The van der Waals surface area contributed by atoms with E-state index in [0.717, 1.165) is 23.8 Å². The Kier molecular flexibility index (Phi) is 4.46. The third kappa shape index (κ3) is 3.98. The first-order chi connectivity index (χ1) is 9.04. The number of nitrogens with two attached hydrogens (primary N) is 1. The van der Waals surface area contributed by atoms with Gasteiger partial charge in [-0.05, 0) is 43.3 Å². The fraction of sp³-hybridized carbons (Fsp3) is 0.250. The molecular formula is C16H19ClN2. The summed E-state index contributed by atoms with van der Waals surface area (Å²) in [7, 11) is 2.09. The van der Waals surface area contributed by atoms with Gasteiger partial charge in [0.05, 0.1) is 0 Å². The molecule has 0 heterocycles. The molecule has 0 saturated heterocycles. The summed E-state index contributed by atoms with van der Waals surface area (Å²) in [5, 5.41) is 0.773. The van der Waals surface area contributed by atoms with Gasteiger partial charge in [0.15, 0.2) is 0 Å². The highest BCUT2D eigenvalue weighted by Crippen LogP contribution is 2.17. The van der Waals surface area contributed by atoms with Gasteiger partial charge < -0.3 is 5.73 Å². The molecule has 2 nitrogen and oxygen atoms in total. The highest BCUT2D eigenvalue weighted by atomic mass is 35.5. The molecule has 0 radical (unpaired) electrons. The number of hydrogen-bond donors (Lipinski definition) is 1. The van der Waals surface area contributed by atoms with Gasteiger partial charge in [-0.25, -0.2) is 0 Å². The van der Waals surface area contributed by atoms with E-state index in [4.69, 9.17) is 17.3 Å². The van der Waals surface area contributed by atoms with Gasteiger partial charge in [-0.2, -0.15) is 0 Å². The molecule has 2 aromatic rings. The van der Waals surface area contributed by atoms with Crippen LogP contribution < -0.4 is 5.73 Å². The standard InChI is InChI=1S/C16H19ClN2/c1-12-3-8-16(18)14(9-12)11-19(2)10-13-4-6-15(17)7-5-13/h3-9H,10-11,18H2,1-2H3. The Hall–Kier alpha value is -1.51. The minimum atomic E-state index is 0.773. The Morgan fingerprint density at radius 3 is 2.42 bits per heavy atom. The van der Waals surface area contributed by atoms with Gasteiger partial charge in [0.25, 0.3) is 0 Å². The van der Waals surface area contributed by atoms with Gasteiger partial charge in [-0.3, -0.25) is 4.90 Å². The fourth-order valence-corrected chi connectivity index (χ4v) is 2.25. The molecule has 0 unspecified atom stereocenters. The lowest BCUT2D eigenvalue weighted by molar-refractivity contribution is 0.319. The van der Waals surface area contributed by atoms with E-state index in [1.54, 1.807) is 0 Å². The molecule has 100 valence electrons. The van der Waals surface area contributed by atoms with Crippen LogP contribution in [0.25, 0.3) is 0 Å². The van der Waals surface area contributed by atoms with Crippen molar-refractivity contribution in [2.75, 3.05) is 12.8 Å². The van der Waals surface area contributed by atoms with Crippen molar-refractivity contribution < 1.29 is 0 Å². The molecule has 0 fully saturated rings. The first-order valence-corrected chi connectivity index (χ1v) is 6.70. The smallest absolute Gasteiger partial charge is 0.0406 e. The zero-order chi connectivity index (χ0) is 13.8. The number of hydrogen-bond acceptors (Lipinski definition) is 2. The highest BCUT2D eigenvalue weighted by Gasteiger charge is 2.05. The van der Waals surface area contributed by atoms with Crippen LogP contribution in [0.2, 0.25) is 5.02 Å². The van der Waals surface area contributed by atoms with E-state index in [9.17, 15) is 0 Å². The van der Waals surface area contributed by atoms with Crippen LogP contribution in [0.3, 0.4) is 0 Å². The molecule has 0 aliphatic heterocycles. The zero-order valence-corrected chi connectivity index (χ0v) is 12.1. The molecule has 3 heteroatoms. The first kappa shape index (κ1) is 13.9. The largest absolute Gasteiger partial charge is 0.398 e. The molecular weight excluding hydrogens is 256 g/mol. The second-order valence-electron chi connectivity index (χ2n) is 5.00. The summed E-state index contributed by atoms with van der Waals surface area (Å²) in [5.41, 5.74) is 10.5. The average molecular weight is 275 g/mol. The maximum absolute atomic E-state index is 6.01. The van der Waals surface area contributed by atoms with Crippen molar-refractivity contribution in [3.63, 3.8) is 0 Å². The molecule has 19 heavy (non-hydrogen) atoms. The predicted octanol–water partition coefficient (Wildman–Crippen LogP) is 3.86. The molecule has 0 amide bonds. The molecule has 0 saturated carbocycles. The molecule has 0 aliphatic rings. The van der Waals surface area contributed by atoms with E-state index in [-0.39, 0.29) is 0 Å². The second-order valence-corrected chi connectivity index (χ2v) is 5.44. The number of nitrogen functional groups attached to an aromatic ring is 1. The van der Waals surface area contributed by atoms with Crippen LogP contribution in [0, 0.1) is 6.92 Å². The van der Waals surface area contributed by atoms with Crippen LogP contribution in [0.5, 0.6) is 0 Å². The van der Waals surface area contributed by atoms with Crippen molar-refractivity contribution in [2.45, 2.75) is 20.0 Å². The SMILES string of the molecule is Cc1ccc(N)c(CN(C)Cc2ccc(Cl)cc2)c1. The average Bonchev–Trinajstić information content (AvgIpc) is 2.37. The Balaban J connectivity index is 2.02. The number of rotatable bonds is 4. The van der Waals surface area contributed by atoms with Gasteiger partial charge in [-0.15, -0.1) is 0 Å². The monoisotopic (exact) mass is 274 g/mol. The number of aryl methyl sites for hydroxylation is 1. The number of anilines is 1. The quantitative estimate of drug-likeness (QED) is 0.858. The molecule has 2 N–H and O–H groups in total. The summed E-state index contributed by atoms with van der Waals surface area (Å²) in [6.45, 7) is 3.81. The van der Waals surface area contributed by atoms with Crippen molar-refractivity contribution in [3.05, 3.63) is 64.2 Å². The van der Waals surface area contributed by atoms with Gasteiger partial charge in [0, 0.05) is 23.8 Å². The summed E-state index contributed by atoms with van der Waals surface area (Å²) in [6, 6.07) is 14.1. The lowest BCUT2D eigenvalue weighted by Crippen LogP contribution is -2.18. The fourth-order valence-electron chi connectivity index (χ4n) is 2.12. The summed E-state index contributed by atoms with van der Waals surface area (Å²) >= 11 is 5.89. The summed E-state index contributed by atoms with van der Waals surface area (Å²) in [6.07, 6.45) is 0. The van der Waals surface area contributed by atoms with Crippen LogP contribution in [-0.4, -0.2) is 11.9 Å². The molecule has 2 aromatic carbocycles. The van der Waals surface area contributed by atoms with Gasteiger partial charge in [0.1, 0.15) is 0 Å². The predicted molar refractivity (Wildman–Crippen MR) is 82.2 cm³/mol. The van der Waals surface area contributed by atoms with E-state index >= 15 is 0 Å². The molecule has 0 spiro atoms. The molecule has 0 atom stereocenters. The van der Waals surface area contributed by atoms with E-state index in [1.807, 2.05) is 24.3 Å². The molecule has 0 aliphatic carbocycles. The second kappa shape index (κ2) is 6.09. The topological polar surface area (TPSA) is 29.3 Å². The third-order valence-electron chi connectivity index (χ3n) is 3.10. The van der Waals surface area contributed by atoms with Crippen LogP contribution in [0.1, 0.15) is 16.7 Å². The van der Waals surface area contributed by atoms with Crippen molar-refractivity contribution in [1.82, 2.24) is 4.90 Å². The van der Waals surface area contributed by atoms with E-state index < -0.39 is 0 Å². The van der Waals surface area contributed by atoms with Crippen molar-refractivity contribution in [3.8, 4) is 0 Å². The van der Waals surface area contributed by atoms with E-state index in [1.165, 1.54) is 16.7 Å². The Bertz CT molecular complexity index is 549. The Morgan fingerprint density at radius 2 is 1.74 bits per heavy atom. The van der Waals surface area contributed by atoms with Crippen molar-refractivity contribution >= 4 is 17.3 Å². The lowest BCUT2D eigenvalue weighted by Gasteiger charge is -2.18. The van der Waals surface area contributed by atoms with Crippen LogP contribution in [0.15, 0.2) is 42.5 Å². The highest BCUT2D eigenvalue weighted by molar-refractivity contribution is 6.30. The van der Waals surface area contributed by atoms with E-state index in [0.29, 0.717) is 0 Å². The first-order valence-electron chi connectivity index (χ1n) is 6.32. The van der Waals surface area contributed by atoms with Crippen LogP contribution in [-0.2, 0) is 13.1 Å². The van der Waals surface area contributed by atoms with Crippen molar-refractivity contribution in [1.29, 1.82) is 0 Å². The van der Waals surface area contributed by atoms with Crippen molar-refractivity contribution in [2.24, 2.45) is 0 Å².